The molecule has 4 bridgehead atoms. The number of aryl methyl sites for hydroxylation is 1. The number of hydrogen-bond donors (Lipinski definition) is 0. The average molecular weight is 303 g/mol. The summed E-state index contributed by atoms with van der Waals surface area (Å²) >= 11 is 7.04. The van der Waals surface area contributed by atoms with E-state index >= 15 is 0 Å². The van der Waals surface area contributed by atoms with Crippen molar-refractivity contribution in [3.8, 4) is 0 Å². The molecule has 1 aromatic carbocycles. The molecule has 0 aliphatic heterocycles. The van der Waals surface area contributed by atoms with Crippen molar-refractivity contribution in [2.24, 2.45) is 22.7 Å². The van der Waals surface area contributed by atoms with Crippen molar-refractivity contribution in [1.82, 2.24) is 0 Å². The normalized spacial score (nSPS) is 42.2. The van der Waals surface area contributed by atoms with Crippen molar-refractivity contribution >= 4 is 11.6 Å². The molecule has 0 radical (unpaired) electrons. The standard InChI is InChI=1S/C20H27Cl/c1-14-3-5-15(6-4-14)8-18(21)20-11-16-7-17(12-20)10-19(2,9-16)13-20/h3-6,16-18H,7-13H2,1-2H3. The number of benzene rings is 1. The second-order valence-electron chi connectivity index (χ2n) is 8.79. The molecule has 21 heavy (non-hydrogen) atoms. The van der Waals surface area contributed by atoms with E-state index in [1.807, 2.05) is 0 Å². The zero-order chi connectivity index (χ0) is 14.7. The Bertz CT molecular complexity index is 515. The van der Waals surface area contributed by atoms with Crippen LogP contribution < -0.4 is 0 Å². The van der Waals surface area contributed by atoms with Gasteiger partial charge in [-0.25, -0.2) is 0 Å². The molecule has 0 heterocycles. The van der Waals surface area contributed by atoms with Crippen molar-refractivity contribution in [1.29, 1.82) is 0 Å². The number of hydrogen-bond acceptors (Lipinski definition) is 0. The second-order valence-corrected chi connectivity index (χ2v) is 9.32. The molecule has 0 N–H and O–H groups in total. The zero-order valence-electron chi connectivity index (χ0n) is 13.4. The summed E-state index contributed by atoms with van der Waals surface area (Å²) in [7, 11) is 0. The highest BCUT2D eigenvalue weighted by Crippen LogP contribution is 2.67. The third-order valence-electron chi connectivity index (χ3n) is 6.60. The van der Waals surface area contributed by atoms with Gasteiger partial charge in [-0.15, -0.1) is 11.6 Å². The summed E-state index contributed by atoms with van der Waals surface area (Å²) in [5, 5.41) is 0.324. The summed E-state index contributed by atoms with van der Waals surface area (Å²) in [6.07, 6.45) is 9.67. The van der Waals surface area contributed by atoms with E-state index in [9.17, 15) is 0 Å². The summed E-state index contributed by atoms with van der Waals surface area (Å²) in [6.45, 7) is 4.69. The zero-order valence-corrected chi connectivity index (χ0v) is 14.1. The van der Waals surface area contributed by atoms with Crippen molar-refractivity contribution < 1.29 is 0 Å². The highest BCUT2D eigenvalue weighted by molar-refractivity contribution is 6.21. The van der Waals surface area contributed by atoms with E-state index in [0.29, 0.717) is 16.2 Å². The Morgan fingerprint density at radius 3 is 2.29 bits per heavy atom. The molecular weight excluding hydrogens is 276 g/mol. The fourth-order valence-electron chi connectivity index (χ4n) is 6.31. The van der Waals surface area contributed by atoms with Gasteiger partial charge in [0.25, 0.3) is 0 Å². The van der Waals surface area contributed by atoms with E-state index in [1.165, 1.54) is 49.7 Å². The topological polar surface area (TPSA) is 0 Å². The quantitative estimate of drug-likeness (QED) is 0.623. The SMILES string of the molecule is Cc1ccc(CC(Cl)C23CC4CC(CC(C)(C4)C2)C3)cc1. The van der Waals surface area contributed by atoms with Crippen molar-refractivity contribution in [3.05, 3.63) is 35.4 Å². The summed E-state index contributed by atoms with van der Waals surface area (Å²) in [6, 6.07) is 8.99. The summed E-state index contributed by atoms with van der Waals surface area (Å²) < 4.78 is 0. The average Bonchev–Trinajstić information content (AvgIpc) is 2.38. The molecular formula is C20H27Cl. The maximum Gasteiger partial charge on any atom is 0.0433 e. The highest BCUT2D eigenvalue weighted by Gasteiger charge is 2.57. The first-order valence-corrected chi connectivity index (χ1v) is 9.10. The molecule has 0 nitrogen and oxygen atoms in total. The Morgan fingerprint density at radius 2 is 1.71 bits per heavy atom. The minimum atomic E-state index is 0.324. The Labute approximate surface area is 134 Å². The van der Waals surface area contributed by atoms with Crippen molar-refractivity contribution in [2.45, 2.75) is 64.2 Å². The lowest BCUT2D eigenvalue weighted by Crippen LogP contribution is -2.54. The fraction of sp³-hybridized carbons (Fsp3) is 0.700. The van der Waals surface area contributed by atoms with E-state index in [4.69, 9.17) is 11.6 Å². The minimum absolute atomic E-state index is 0.324. The van der Waals surface area contributed by atoms with Gasteiger partial charge >= 0.3 is 0 Å². The molecule has 4 aliphatic rings. The van der Waals surface area contributed by atoms with Gasteiger partial charge in [0.1, 0.15) is 0 Å². The van der Waals surface area contributed by atoms with Crippen molar-refractivity contribution in [3.63, 3.8) is 0 Å². The lowest BCUT2D eigenvalue weighted by molar-refractivity contribution is -0.103. The van der Waals surface area contributed by atoms with E-state index in [-0.39, 0.29) is 0 Å². The third kappa shape index (κ3) is 2.44. The Morgan fingerprint density at radius 1 is 1.10 bits per heavy atom. The molecule has 4 saturated carbocycles. The number of alkyl halides is 1. The largest absolute Gasteiger partial charge is 0.122 e. The lowest BCUT2D eigenvalue weighted by Gasteiger charge is -2.62. The van der Waals surface area contributed by atoms with E-state index in [2.05, 4.69) is 38.1 Å². The maximum absolute atomic E-state index is 7.04. The third-order valence-corrected chi connectivity index (χ3v) is 7.22. The smallest absolute Gasteiger partial charge is 0.0433 e. The first-order valence-electron chi connectivity index (χ1n) is 8.66. The van der Waals surface area contributed by atoms with Crippen LogP contribution in [0.25, 0.3) is 0 Å². The van der Waals surface area contributed by atoms with Crippen LogP contribution in [0.3, 0.4) is 0 Å². The summed E-state index contributed by atoms with van der Waals surface area (Å²) in [5.74, 6) is 1.94. The van der Waals surface area contributed by atoms with Crippen LogP contribution >= 0.6 is 11.6 Å². The Kier molecular flexibility index (Phi) is 3.20. The van der Waals surface area contributed by atoms with Crippen LogP contribution in [-0.2, 0) is 6.42 Å². The van der Waals surface area contributed by atoms with Crippen LogP contribution in [0.2, 0.25) is 0 Å². The van der Waals surface area contributed by atoms with Gasteiger partial charge < -0.3 is 0 Å². The highest BCUT2D eigenvalue weighted by atomic mass is 35.5. The molecule has 0 spiro atoms. The molecule has 4 aliphatic carbocycles. The number of rotatable bonds is 3. The van der Waals surface area contributed by atoms with Crippen LogP contribution in [-0.4, -0.2) is 5.38 Å². The Balaban J connectivity index is 1.56. The van der Waals surface area contributed by atoms with Gasteiger partial charge in [-0.1, -0.05) is 36.8 Å². The van der Waals surface area contributed by atoms with Gasteiger partial charge in [0.15, 0.2) is 0 Å². The molecule has 114 valence electrons. The molecule has 0 aromatic heterocycles. The van der Waals surface area contributed by atoms with Gasteiger partial charge in [-0.05, 0) is 80.1 Å². The van der Waals surface area contributed by atoms with E-state index in [0.717, 1.165) is 18.3 Å². The minimum Gasteiger partial charge on any atom is -0.122 e. The first-order chi connectivity index (χ1) is 9.96. The molecule has 4 fully saturated rings. The molecule has 1 aromatic rings. The Hall–Kier alpha value is -0.490. The molecule has 0 saturated heterocycles. The van der Waals surface area contributed by atoms with Crippen LogP contribution in [0.15, 0.2) is 24.3 Å². The summed E-state index contributed by atoms with van der Waals surface area (Å²) in [5.41, 5.74) is 3.80. The van der Waals surface area contributed by atoms with E-state index < -0.39 is 0 Å². The predicted molar refractivity (Wildman–Crippen MR) is 89.7 cm³/mol. The van der Waals surface area contributed by atoms with Gasteiger partial charge in [-0.2, -0.15) is 0 Å². The van der Waals surface area contributed by atoms with Crippen LogP contribution in [0.1, 0.15) is 56.6 Å². The monoisotopic (exact) mass is 302 g/mol. The van der Waals surface area contributed by atoms with Crippen molar-refractivity contribution in [2.75, 3.05) is 0 Å². The predicted octanol–water partition coefficient (Wildman–Crippen LogP) is 5.75. The van der Waals surface area contributed by atoms with E-state index in [1.54, 1.807) is 0 Å². The number of halogens is 1. The van der Waals surface area contributed by atoms with Gasteiger partial charge in [0.2, 0.25) is 0 Å². The van der Waals surface area contributed by atoms with Gasteiger partial charge in [-0.3, -0.25) is 0 Å². The molecule has 3 atom stereocenters. The fourth-order valence-corrected chi connectivity index (χ4v) is 6.75. The van der Waals surface area contributed by atoms with Crippen LogP contribution in [0, 0.1) is 29.6 Å². The van der Waals surface area contributed by atoms with Gasteiger partial charge in [0.05, 0.1) is 0 Å². The molecule has 1 heteroatoms. The second kappa shape index (κ2) is 4.75. The lowest BCUT2D eigenvalue weighted by atomic mass is 9.44. The first kappa shape index (κ1) is 14.1. The van der Waals surface area contributed by atoms with Gasteiger partial charge in [0, 0.05) is 5.38 Å². The maximum atomic E-state index is 7.04. The molecule has 0 amide bonds. The van der Waals surface area contributed by atoms with Crippen LogP contribution in [0.5, 0.6) is 0 Å². The van der Waals surface area contributed by atoms with Crippen LogP contribution in [0.4, 0.5) is 0 Å². The molecule has 5 rings (SSSR count). The molecule has 3 unspecified atom stereocenters. The summed E-state index contributed by atoms with van der Waals surface area (Å²) in [4.78, 5) is 0.